The van der Waals surface area contributed by atoms with E-state index in [0.29, 0.717) is 0 Å². The number of nitrogens with zero attached hydrogens (tertiary/aromatic N) is 3. The van der Waals surface area contributed by atoms with Gasteiger partial charge in [0.25, 0.3) is 0 Å². The minimum absolute atomic E-state index is 0.751. The van der Waals surface area contributed by atoms with Crippen LogP contribution >= 0.6 is 0 Å². The van der Waals surface area contributed by atoms with Crippen LogP contribution in [0.4, 0.5) is 0 Å². The predicted octanol–water partition coefficient (Wildman–Crippen LogP) is 2.19. The number of nitrogens with one attached hydrogen (secondary N) is 1. The Bertz CT molecular complexity index is 293. The third-order valence-corrected chi connectivity index (χ3v) is 3.94. The largest absolute Gasteiger partial charge is 0.357 e. The molecule has 0 aromatic carbocycles. The summed E-state index contributed by atoms with van der Waals surface area (Å²) in [6.45, 7) is 11.3. The first kappa shape index (κ1) is 17.0. The fourth-order valence-electron chi connectivity index (χ4n) is 2.51. The Balaban J connectivity index is 2.42. The molecule has 0 amide bonds. The van der Waals surface area contributed by atoms with Crippen LogP contribution in [0.25, 0.3) is 0 Å². The summed E-state index contributed by atoms with van der Waals surface area (Å²) in [4.78, 5) is 9.48. The monoisotopic (exact) mass is 280 g/mol. The number of aliphatic imine (C=N–C) groups is 1. The Morgan fingerprint density at radius 1 is 1.45 bits per heavy atom. The minimum Gasteiger partial charge on any atom is -0.357 e. The first-order chi connectivity index (χ1) is 9.67. The summed E-state index contributed by atoms with van der Waals surface area (Å²) in [5, 5.41) is 3.40. The summed E-state index contributed by atoms with van der Waals surface area (Å²) >= 11 is 0. The number of guanidine groups is 1. The molecule has 1 fully saturated rings. The number of hydrogen-bond acceptors (Lipinski definition) is 2. The maximum absolute atomic E-state index is 4.83. The van der Waals surface area contributed by atoms with Crippen molar-refractivity contribution >= 4 is 5.96 Å². The van der Waals surface area contributed by atoms with Crippen LogP contribution in [0, 0.1) is 5.92 Å². The van der Waals surface area contributed by atoms with Gasteiger partial charge in [-0.15, -0.1) is 6.58 Å². The lowest BCUT2D eigenvalue weighted by Crippen LogP contribution is -2.40. The number of likely N-dealkylation sites (tertiary alicyclic amines) is 1. The van der Waals surface area contributed by atoms with Gasteiger partial charge in [-0.1, -0.05) is 6.08 Å². The van der Waals surface area contributed by atoms with Crippen LogP contribution in [-0.2, 0) is 0 Å². The van der Waals surface area contributed by atoms with Crippen molar-refractivity contribution in [3.8, 4) is 0 Å². The van der Waals surface area contributed by atoms with Crippen LogP contribution in [0.15, 0.2) is 17.6 Å². The van der Waals surface area contributed by atoms with Crippen LogP contribution < -0.4 is 5.32 Å². The van der Waals surface area contributed by atoms with Gasteiger partial charge in [0.05, 0.1) is 0 Å². The second kappa shape index (κ2) is 9.81. The van der Waals surface area contributed by atoms with Crippen molar-refractivity contribution in [3.63, 3.8) is 0 Å². The molecule has 0 spiro atoms. The maximum Gasteiger partial charge on any atom is 0.193 e. The van der Waals surface area contributed by atoms with Crippen molar-refractivity contribution in [1.29, 1.82) is 0 Å². The van der Waals surface area contributed by atoms with E-state index < -0.39 is 0 Å². The zero-order valence-electron chi connectivity index (χ0n) is 13.6. The first-order valence-electron chi connectivity index (χ1n) is 7.96. The molecule has 1 heterocycles. The third-order valence-electron chi connectivity index (χ3n) is 3.94. The number of hydrogen-bond donors (Lipinski definition) is 1. The second-order valence-corrected chi connectivity index (χ2v) is 5.79. The molecule has 0 aliphatic carbocycles. The fraction of sp³-hybridized carbons (Fsp3) is 0.812. The van der Waals surface area contributed by atoms with Crippen LogP contribution in [0.1, 0.15) is 32.6 Å². The number of allylic oxidation sites excluding steroid dienone is 1. The lowest BCUT2D eigenvalue weighted by Gasteiger charge is -2.28. The molecule has 116 valence electrons. The Labute approximate surface area is 124 Å². The first-order valence-corrected chi connectivity index (χ1v) is 7.96. The van der Waals surface area contributed by atoms with Crippen LogP contribution in [0.2, 0.25) is 0 Å². The van der Waals surface area contributed by atoms with E-state index in [1.54, 1.807) is 0 Å². The minimum atomic E-state index is 0.751. The van der Waals surface area contributed by atoms with Crippen molar-refractivity contribution in [2.45, 2.75) is 32.6 Å². The van der Waals surface area contributed by atoms with Crippen molar-refractivity contribution in [1.82, 2.24) is 15.1 Å². The van der Waals surface area contributed by atoms with Gasteiger partial charge in [-0.25, -0.2) is 0 Å². The van der Waals surface area contributed by atoms with Gasteiger partial charge in [-0.2, -0.15) is 0 Å². The highest BCUT2D eigenvalue weighted by Gasteiger charge is 2.16. The van der Waals surface area contributed by atoms with E-state index in [-0.39, 0.29) is 0 Å². The van der Waals surface area contributed by atoms with Crippen LogP contribution in [-0.4, -0.2) is 62.6 Å². The molecule has 0 radical (unpaired) electrons. The molecule has 0 atom stereocenters. The van der Waals surface area contributed by atoms with Gasteiger partial charge < -0.3 is 15.1 Å². The van der Waals surface area contributed by atoms with E-state index in [0.717, 1.165) is 44.4 Å². The molecule has 0 bridgehead atoms. The molecule has 1 aliphatic rings. The molecular weight excluding hydrogens is 248 g/mol. The summed E-state index contributed by atoms with van der Waals surface area (Å²) in [7, 11) is 4.33. The predicted molar refractivity (Wildman–Crippen MR) is 88.3 cm³/mol. The van der Waals surface area contributed by atoms with Crippen molar-refractivity contribution in [3.05, 3.63) is 12.7 Å². The molecule has 0 unspecified atom stereocenters. The highest BCUT2D eigenvalue weighted by molar-refractivity contribution is 5.79. The molecule has 1 aliphatic heterocycles. The van der Waals surface area contributed by atoms with E-state index >= 15 is 0 Å². The summed E-state index contributed by atoms with van der Waals surface area (Å²) in [6, 6.07) is 0. The lowest BCUT2D eigenvalue weighted by atomic mass is 9.97. The molecule has 0 saturated carbocycles. The Morgan fingerprint density at radius 2 is 2.15 bits per heavy atom. The van der Waals surface area contributed by atoms with Gasteiger partial charge in [0.1, 0.15) is 0 Å². The summed E-state index contributed by atoms with van der Waals surface area (Å²) in [5.74, 6) is 1.80. The van der Waals surface area contributed by atoms with Gasteiger partial charge in [0.2, 0.25) is 0 Å². The zero-order valence-corrected chi connectivity index (χ0v) is 13.6. The lowest BCUT2D eigenvalue weighted by molar-refractivity contribution is 0.223. The van der Waals surface area contributed by atoms with Crippen LogP contribution in [0.3, 0.4) is 0 Å². The molecule has 0 aromatic rings. The zero-order chi connectivity index (χ0) is 14.8. The van der Waals surface area contributed by atoms with E-state index in [9.17, 15) is 0 Å². The standard InChI is InChI=1S/C16H32N4/c1-5-7-8-11-20(4)16(17-6-2)18-14-15-9-12-19(3)13-10-15/h5,15H,1,6-14H2,2-4H3,(H,17,18). The summed E-state index contributed by atoms with van der Waals surface area (Å²) in [5.41, 5.74) is 0. The van der Waals surface area contributed by atoms with E-state index in [4.69, 9.17) is 4.99 Å². The Hall–Kier alpha value is -1.03. The second-order valence-electron chi connectivity index (χ2n) is 5.79. The van der Waals surface area contributed by atoms with E-state index in [1.807, 2.05) is 6.08 Å². The van der Waals surface area contributed by atoms with Crippen molar-refractivity contribution in [2.24, 2.45) is 10.9 Å². The number of rotatable bonds is 7. The smallest absolute Gasteiger partial charge is 0.193 e. The molecular formula is C16H32N4. The Kier molecular flexibility index (Phi) is 8.35. The highest BCUT2D eigenvalue weighted by Crippen LogP contribution is 2.16. The molecule has 1 rings (SSSR count). The normalized spacial score (nSPS) is 18.1. The molecule has 1 saturated heterocycles. The fourth-order valence-corrected chi connectivity index (χ4v) is 2.51. The molecule has 4 nitrogen and oxygen atoms in total. The average Bonchev–Trinajstić information content (AvgIpc) is 2.45. The third kappa shape index (κ3) is 6.42. The van der Waals surface area contributed by atoms with Gasteiger partial charge in [-0.05, 0) is 58.7 Å². The maximum atomic E-state index is 4.83. The average molecular weight is 280 g/mol. The number of unbranched alkanes of at least 4 members (excludes halogenated alkanes) is 1. The summed E-state index contributed by atoms with van der Waals surface area (Å²) in [6.07, 6.45) is 6.74. The Morgan fingerprint density at radius 3 is 2.75 bits per heavy atom. The van der Waals surface area contributed by atoms with Gasteiger partial charge >= 0.3 is 0 Å². The van der Waals surface area contributed by atoms with Crippen LogP contribution in [0.5, 0.6) is 0 Å². The van der Waals surface area contributed by atoms with Gasteiger partial charge in [0, 0.05) is 26.7 Å². The van der Waals surface area contributed by atoms with Crippen molar-refractivity contribution in [2.75, 3.05) is 46.8 Å². The van der Waals surface area contributed by atoms with Gasteiger partial charge in [0.15, 0.2) is 5.96 Å². The molecule has 0 aromatic heterocycles. The van der Waals surface area contributed by atoms with Gasteiger partial charge in [-0.3, -0.25) is 4.99 Å². The highest BCUT2D eigenvalue weighted by atomic mass is 15.3. The van der Waals surface area contributed by atoms with E-state index in [2.05, 4.69) is 42.7 Å². The SMILES string of the molecule is C=CCCCN(C)C(=NCC1CCN(C)CC1)NCC. The topological polar surface area (TPSA) is 30.9 Å². The van der Waals surface area contributed by atoms with E-state index in [1.165, 1.54) is 25.9 Å². The molecule has 20 heavy (non-hydrogen) atoms. The van der Waals surface area contributed by atoms with Crippen molar-refractivity contribution < 1.29 is 0 Å². The quantitative estimate of drug-likeness (QED) is 0.336. The molecule has 1 N–H and O–H groups in total. The number of piperidine rings is 1. The molecule has 4 heteroatoms. The summed E-state index contributed by atoms with van der Waals surface area (Å²) < 4.78 is 0.